The summed E-state index contributed by atoms with van der Waals surface area (Å²) in [5.74, 6) is 0.744. The maximum atomic E-state index is 4.17. The monoisotopic (exact) mass is 300 g/mol. The number of nitrogens with zero attached hydrogens (tertiary/aromatic N) is 3. The van der Waals surface area contributed by atoms with E-state index >= 15 is 0 Å². The first-order valence-corrected chi connectivity index (χ1v) is 6.19. The molecule has 0 radical (unpaired) electrons. The molecule has 88 valence electrons. The van der Waals surface area contributed by atoms with Gasteiger partial charge in [-0.15, -0.1) is 0 Å². The quantitative estimate of drug-likeness (QED) is 0.736. The van der Waals surface area contributed by atoms with Crippen LogP contribution in [0.15, 0.2) is 53.7 Å². The van der Waals surface area contributed by atoms with Gasteiger partial charge in [0.1, 0.15) is 16.7 Å². The number of halogens is 1. The van der Waals surface area contributed by atoms with Crippen LogP contribution in [0.4, 0.5) is 11.5 Å². The van der Waals surface area contributed by atoms with Crippen LogP contribution in [0.25, 0.3) is 10.8 Å². The number of fused-ring (bicyclic) bond motifs is 1. The van der Waals surface area contributed by atoms with E-state index < -0.39 is 0 Å². The standard InChI is InChI=1S/C13H9BrN4/c14-12-6-13(17-8-16-12)18-11-3-1-2-9-4-5-15-7-10(9)11/h1-8H,(H,16,17,18). The molecule has 18 heavy (non-hydrogen) atoms. The second-order valence-corrected chi connectivity index (χ2v) is 4.57. The van der Waals surface area contributed by atoms with Gasteiger partial charge in [-0.1, -0.05) is 12.1 Å². The van der Waals surface area contributed by atoms with Crippen LogP contribution in [-0.2, 0) is 0 Å². The predicted octanol–water partition coefficient (Wildman–Crippen LogP) is 3.53. The molecule has 2 heterocycles. The average molecular weight is 301 g/mol. The lowest BCUT2D eigenvalue weighted by atomic mass is 10.1. The largest absolute Gasteiger partial charge is 0.340 e. The Balaban J connectivity index is 2.05. The molecule has 0 aliphatic rings. The van der Waals surface area contributed by atoms with Crippen LogP contribution in [0.1, 0.15) is 0 Å². The van der Waals surface area contributed by atoms with E-state index in [1.165, 1.54) is 6.33 Å². The molecule has 0 bridgehead atoms. The van der Waals surface area contributed by atoms with E-state index in [1.54, 1.807) is 6.20 Å². The second kappa shape index (κ2) is 4.70. The van der Waals surface area contributed by atoms with Crippen LogP contribution >= 0.6 is 15.9 Å². The summed E-state index contributed by atoms with van der Waals surface area (Å²) in [6, 6.07) is 9.87. The zero-order chi connectivity index (χ0) is 12.4. The molecule has 0 saturated heterocycles. The molecule has 2 aromatic heterocycles. The molecule has 3 rings (SSSR count). The molecule has 0 atom stereocenters. The minimum atomic E-state index is 0.744. The van der Waals surface area contributed by atoms with Crippen molar-refractivity contribution in [2.75, 3.05) is 5.32 Å². The molecule has 1 N–H and O–H groups in total. The van der Waals surface area contributed by atoms with Gasteiger partial charge in [0, 0.05) is 29.5 Å². The van der Waals surface area contributed by atoms with Gasteiger partial charge in [-0.25, -0.2) is 9.97 Å². The molecule has 4 nitrogen and oxygen atoms in total. The molecule has 0 unspecified atom stereocenters. The van der Waals surface area contributed by atoms with Crippen LogP contribution in [0.2, 0.25) is 0 Å². The van der Waals surface area contributed by atoms with Gasteiger partial charge < -0.3 is 5.32 Å². The molecule has 0 aliphatic carbocycles. The predicted molar refractivity (Wildman–Crippen MR) is 74.8 cm³/mol. The van der Waals surface area contributed by atoms with Crippen LogP contribution in [0, 0.1) is 0 Å². The molecule has 1 aromatic carbocycles. The Bertz CT molecular complexity index is 694. The van der Waals surface area contributed by atoms with Crippen molar-refractivity contribution < 1.29 is 0 Å². The number of nitrogens with one attached hydrogen (secondary N) is 1. The molecule has 0 fully saturated rings. The normalized spacial score (nSPS) is 10.5. The highest BCUT2D eigenvalue weighted by molar-refractivity contribution is 9.10. The summed E-state index contributed by atoms with van der Waals surface area (Å²) in [5, 5.41) is 5.47. The summed E-state index contributed by atoms with van der Waals surface area (Å²) in [6.07, 6.45) is 5.14. The number of aromatic nitrogens is 3. The van der Waals surface area contributed by atoms with Gasteiger partial charge in [0.2, 0.25) is 0 Å². The zero-order valence-corrected chi connectivity index (χ0v) is 10.9. The van der Waals surface area contributed by atoms with Gasteiger partial charge in [-0.05, 0) is 33.4 Å². The summed E-state index contributed by atoms with van der Waals surface area (Å²) in [4.78, 5) is 12.3. The summed E-state index contributed by atoms with van der Waals surface area (Å²) in [7, 11) is 0. The van der Waals surface area contributed by atoms with Gasteiger partial charge in [-0.2, -0.15) is 0 Å². The molecule has 5 heteroatoms. The number of rotatable bonds is 2. The van der Waals surface area contributed by atoms with Crippen molar-refractivity contribution in [3.63, 3.8) is 0 Å². The lowest BCUT2D eigenvalue weighted by Crippen LogP contribution is -1.95. The molecule has 0 amide bonds. The zero-order valence-electron chi connectivity index (χ0n) is 9.34. The fourth-order valence-corrected chi connectivity index (χ4v) is 2.07. The van der Waals surface area contributed by atoms with Crippen molar-refractivity contribution in [2.24, 2.45) is 0 Å². The van der Waals surface area contributed by atoms with Crippen LogP contribution in [0.3, 0.4) is 0 Å². The molecule has 3 aromatic rings. The average Bonchev–Trinajstić information content (AvgIpc) is 2.39. The van der Waals surface area contributed by atoms with E-state index in [2.05, 4.69) is 42.3 Å². The lowest BCUT2D eigenvalue weighted by molar-refractivity contribution is 1.14. The van der Waals surface area contributed by atoms with E-state index in [0.717, 1.165) is 26.9 Å². The fraction of sp³-hybridized carbons (Fsp3) is 0. The minimum absolute atomic E-state index is 0.744. The van der Waals surface area contributed by atoms with Crippen LogP contribution in [-0.4, -0.2) is 15.0 Å². The highest BCUT2D eigenvalue weighted by Crippen LogP contribution is 2.25. The first-order chi connectivity index (χ1) is 8.83. The Morgan fingerprint density at radius 3 is 2.94 bits per heavy atom. The van der Waals surface area contributed by atoms with Gasteiger partial charge in [0.05, 0.1) is 0 Å². The summed E-state index contributed by atoms with van der Waals surface area (Å²) in [6.45, 7) is 0. The summed E-state index contributed by atoms with van der Waals surface area (Å²) >= 11 is 3.32. The lowest BCUT2D eigenvalue weighted by Gasteiger charge is -2.08. The number of hydrogen-bond donors (Lipinski definition) is 1. The van der Waals surface area contributed by atoms with Crippen LogP contribution in [0.5, 0.6) is 0 Å². The number of anilines is 2. The second-order valence-electron chi connectivity index (χ2n) is 3.75. The Kier molecular flexibility index (Phi) is 2.90. The van der Waals surface area contributed by atoms with Gasteiger partial charge in [0.25, 0.3) is 0 Å². The summed E-state index contributed by atoms with van der Waals surface area (Å²) in [5.41, 5.74) is 0.978. The van der Waals surface area contributed by atoms with Crippen LogP contribution < -0.4 is 5.32 Å². The highest BCUT2D eigenvalue weighted by Gasteiger charge is 2.02. The number of benzene rings is 1. The fourth-order valence-electron chi connectivity index (χ4n) is 1.76. The topological polar surface area (TPSA) is 50.7 Å². The molecule has 0 spiro atoms. The van der Waals surface area contributed by atoms with E-state index in [4.69, 9.17) is 0 Å². The summed E-state index contributed by atoms with van der Waals surface area (Å²) < 4.78 is 0.748. The molecule has 0 aliphatic heterocycles. The van der Waals surface area contributed by atoms with Crippen molar-refractivity contribution in [1.82, 2.24) is 15.0 Å². The van der Waals surface area contributed by atoms with Gasteiger partial charge >= 0.3 is 0 Å². The molecular formula is C13H9BrN4. The maximum absolute atomic E-state index is 4.17. The first-order valence-electron chi connectivity index (χ1n) is 5.40. The Labute approximate surface area is 112 Å². The van der Waals surface area contributed by atoms with Gasteiger partial charge in [0.15, 0.2) is 0 Å². The number of hydrogen-bond acceptors (Lipinski definition) is 4. The van der Waals surface area contributed by atoms with Crippen molar-refractivity contribution >= 4 is 38.2 Å². The third-order valence-electron chi connectivity index (χ3n) is 2.58. The third-order valence-corrected chi connectivity index (χ3v) is 3.01. The van der Waals surface area contributed by atoms with Gasteiger partial charge in [-0.3, -0.25) is 4.98 Å². The van der Waals surface area contributed by atoms with E-state index in [9.17, 15) is 0 Å². The van der Waals surface area contributed by atoms with Crippen molar-refractivity contribution in [1.29, 1.82) is 0 Å². The first kappa shape index (κ1) is 11.1. The highest BCUT2D eigenvalue weighted by atomic mass is 79.9. The minimum Gasteiger partial charge on any atom is -0.340 e. The Morgan fingerprint density at radius 2 is 2.06 bits per heavy atom. The Morgan fingerprint density at radius 1 is 1.11 bits per heavy atom. The molecule has 0 saturated carbocycles. The smallest absolute Gasteiger partial charge is 0.134 e. The third kappa shape index (κ3) is 2.17. The van der Waals surface area contributed by atoms with Crippen molar-refractivity contribution in [3.05, 3.63) is 53.7 Å². The van der Waals surface area contributed by atoms with Crippen molar-refractivity contribution in [3.8, 4) is 0 Å². The molecular weight excluding hydrogens is 292 g/mol. The number of pyridine rings is 1. The van der Waals surface area contributed by atoms with E-state index in [1.807, 2.05) is 30.5 Å². The van der Waals surface area contributed by atoms with E-state index in [-0.39, 0.29) is 0 Å². The SMILES string of the molecule is Brc1cc(Nc2cccc3ccncc23)ncn1. The van der Waals surface area contributed by atoms with E-state index in [0.29, 0.717) is 0 Å². The van der Waals surface area contributed by atoms with Crippen molar-refractivity contribution in [2.45, 2.75) is 0 Å². The maximum Gasteiger partial charge on any atom is 0.134 e. The Hall–Kier alpha value is -2.01.